The van der Waals surface area contributed by atoms with Gasteiger partial charge >= 0.3 is 6.61 Å². The number of ether oxygens (including phenoxy) is 1. The summed E-state index contributed by atoms with van der Waals surface area (Å²) in [6.07, 6.45) is 1.10. The maximum Gasteiger partial charge on any atom is 0.387 e. The number of nitrogens with zero attached hydrogens (tertiary/aromatic N) is 1. The van der Waals surface area contributed by atoms with E-state index >= 15 is 0 Å². The molecule has 1 aliphatic rings. The van der Waals surface area contributed by atoms with E-state index in [2.05, 4.69) is 9.64 Å². The molecule has 17 heavy (non-hydrogen) atoms. The Morgan fingerprint density at radius 1 is 1.12 bits per heavy atom. The van der Waals surface area contributed by atoms with Crippen LogP contribution in [-0.4, -0.2) is 25.5 Å². The van der Waals surface area contributed by atoms with Gasteiger partial charge in [-0.1, -0.05) is 0 Å². The van der Waals surface area contributed by atoms with Crippen LogP contribution in [0.15, 0.2) is 24.3 Å². The highest BCUT2D eigenvalue weighted by molar-refractivity contribution is 5.81. The molecule has 1 fully saturated rings. The van der Waals surface area contributed by atoms with Crippen molar-refractivity contribution in [1.82, 2.24) is 0 Å². The average molecular weight is 241 g/mol. The first kappa shape index (κ1) is 11.8. The quantitative estimate of drug-likeness (QED) is 0.814. The zero-order valence-electron chi connectivity index (χ0n) is 9.23. The van der Waals surface area contributed by atoms with Crippen LogP contribution in [0.1, 0.15) is 12.8 Å². The molecule has 1 saturated heterocycles. The zero-order valence-corrected chi connectivity index (χ0v) is 9.23. The first-order chi connectivity index (χ1) is 8.15. The van der Waals surface area contributed by atoms with Crippen LogP contribution in [-0.2, 0) is 4.79 Å². The third-order valence-corrected chi connectivity index (χ3v) is 2.75. The summed E-state index contributed by atoms with van der Waals surface area (Å²) in [4.78, 5) is 13.1. The lowest BCUT2D eigenvalue weighted by atomic mass is 10.1. The Labute approximate surface area is 98.0 Å². The Kier molecular flexibility index (Phi) is 3.56. The number of ketones is 1. The normalized spacial score (nSPS) is 16.4. The van der Waals surface area contributed by atoms with E-state index in [1.54, 1.807) is 12.1 Å². The Balaban J connectivity index is 2.00. The summed E-state index contributed by atoms with van der Waals surface area (Å²) in [5.74, 6) is 0.427. The molecule has 2 rings (SSSR count). The van der Waals surface area contributed by atoms with Crippen molar-refractivity contribution in [2.24, 2.45) is 0 Å². The summed E-state index contributed by atoms with van der Waals surface area (Å²) in [6, 6.07) is 6.48. The maximum absolute atomic E-state index is 11.9. The fourth-order valence-corrected chi connectivity index (χ4v) is 1.85. The van der Waals surface area contributed by atoms with E-state index in [-0.39, 0.29) is 11.5 Å². The monoisotopic (exact) mass is 241 g/mol. The number of rotatable bonds is 3. The van der Waals surface area contributed by atoms with Crippen LogP contribution in [0.4, 0.5) is 14.5 Å². The molecule has 0 amide bonds. The summed E-state index contributed by atoms with van der Waals surface area (Å²) >= 11 is 0. The SMILES string of the molecule is O=C1CCN(c2ccc(OC(F)F)cc2)CC1. The van der Waals surface area contributed by atoms with Gasteiger partial charge in [-0.3, -0.25) is 4.79 Å². The Bertz CT molecular complexity index is 382. The van der Waals surface area contributed by atoms with Crippen LogP contribution in [0.3, 0.4) is 0 Å². The average Bonchev–Trinajstić information content (AvgIpc) is 2.30. The van der Waals surface area contributed by atoms with Crippen molar-refractivity contribution in [1.29, 1.82) is 0 Å². The topological polar surface area (TPSA) is 29.5 Å². The van der Waals surface area contributed by atoms with Crippen molar-refractivity contribution >= 4 is 11.5 Å². The molecule has 0 aromatic heterocycles. The summed E-state index contributed by atoms with van der Waals surface area (Å²) in [5, 5.41) is 0. The van der Waals surface area contributed by atoms with E-state index in [0.29, 0.717) is 25.9 Å². The fourth-order valence-electron chi connectivity index (χ4n) is 1.85. The van der Waals surface area contributed by atoms with E-state index in [1.807, 2.05) is 0 Å². The molecule has 0 atom stereocenters. The van der Waals surface area contributed by atoms with Gasteiger partial charge in [0.1, 0.15) is 11.5 Å². The zero-order chi connectivity index (χ0) is 12.3. The Morgan fingerprint density at radius 3 is 2.24 bits per heavy atom. The van der Waals surface area contributed by atoms with Crippen molar-refractivity contribution in [2.45, 2.75) is 19.5 Å². The summed E-state index contributed by atoms with van der Waals surface area (Å²) in [6.45, 7) is -1.42. The summed E-state index contributed by atoms with van der Waals surface area (Å²) in [7, 11) is 0. The van der Waals surface area contributed by atoms with E-state index in [0.717, 1.165) is 5.69 Å². The molecular weight excluding hydrogens is 228 g/mol. The predicted molar refractivity (Wildman–Crippen MR) is 59.5 cm³/mol. The number of Topliss-reactive ketones (excluding diaryl/α,β-unsaturated/α-hetero) is 1. The number of halogens is 2. The number of carbonyl (C=O) groups excluding carboxylic acids is 1. The molecule has 0 spiro atoms. The van der Waals surface area contributed by atoms with E-state index in [1.165, 1.54) is 12.1 Å². The van der Waals surface area contributed by atoms with Gasteiger partial charge in [-0.05, 0) is 24.3 Å². The minimum absolute atomic E-state index is 0.150. The predicted octanol–water partition coefficient (Wildman–Crippen LogP) is 2.46. The molecule has 0 saturated carbocycles. The molecular formula is C12H13F2NO2. The van der Waals surface area contributed by atoms with Gasteiger partial charge < -0.3 is 9.64 Å². The van der Waals surface area contributed by atoms with Gasteiger partial charge in [0.2, 0.25) is 0 Å². The standard InChI is InChI=1S/C12H13F2NO2/c13-12(14)17-11-3-1-9(2-4-11)15-7-5-10(16)6-8-15/h1-4,12H,5-8H2. The van der Waals surface area contributed by atoms with Gasteiger partial charge in [-0.15, -0.1) is 0 Å². The highest BCUT2D eigenvalue weighted by atomic mass is 19.3. The van der Waals surface area contributed by atoms with Gasteiger partial charge in [-0.25, -0.2) is 0 Å². The molecule has 0 N–H and O–H groups in total. The van der Waals surface area contributed by atoms with Crippen LogP contribution in [0.25, 0.3) is 0 Å². The number of piperidine rings is 1. The molecule has 0 bridgehead atoms. The molecule has 3 nitrogen and oxygen atoms in total. The minimum Gasteiger partial charge on any atom is -0.435 e. The maximum atomic E-state index is 11.9. The Morgan fingerprint density at radius 2 is 1.71 bits per heavy atom. The van der Waals surface area contributed by atoms with Gasteiger partial charge in [0.25, 0.3) is 0 Å². The number of carbonyl (C=O) groups is 1. The fraction of sp³-hybridized carbons (Fsp3) is 0.417. The minimum atomic E-state index is -2.80. The lowest BCUT2D eigenvalue weighted by Crippen LogP contribution is -2.33. The van der Waals surface area contributed by atoms with Crippen LogP contribution in [0.2, 0.25) is 0 Å². The first-order valence-electron chi connectivity index (χ1n) is 5.46. The van der Waals surface area contributed by atoms with Gasteiger partial charge in [0.15, 0.2) is 0 Å². The highest BCUT2D eigenvalue weighted by Crippen LogP contribution is 2.22. The molecule has 1 heterocycles. The van der Waals surface area contributed by atoms with Crippen molar-refractivity contribution in [3.05, 3.63) is 24.3 Å². The Hall–Kier alpha value is -1.65. The second-order valence-corrected chi connectivity index (χ2v) is 3.90. The van der Waals surface area contributed by atoms with Gasteiger partial charge in [0, 0.05) is 31.6 Å². The van der Waals surface area contributed by atoms with Crippen LogP contribution in [0.5, 0.6) is 5.75 Å². The molecule has 5 heteroatoms. The van der Waals surface area contributed by atoms with Crippen LogP contribution < -0.4 is 9.64 Å². The largest absolute Gasteiger partial charge is 0.435 e. The lowest BCUT2D eigenvalue weighted by molar-refractivity contribution is -0.119. The molecule has 1 aromatic carbocycles. The van der Waals surface area contributed by atoms with Crippen molar-refractivity contribution < 1.29 is 18.3 Å². The van der Waals surface area contributed by atoms with Crippen molar-refractivity contribution in [3.8, 4) is 5.75 Å². The van der Waals surface area contributed by atoms with E-state index in [9.17, 15) is 13.6 Å². The highest BCUT2D eigenvalue weighted by Gasteiger charge is 2.16. The summed E-state index contributed by atoms with van der Waals surface area (Å²) < 4.78 is 28.2. The number of hydrogen-bond acceptors (Lipinski definition) is 3. The third kappa shape index (κ3) is 3.15. The molecule has 0 aliphatic carbocycles. The second-order valence-electron chi connectivity index (χ2n) is 3.90. The molecule has 1 aromatic rings. The second kappa shape index (κ2) is 5.12. The molecule has 0 unspecified atom stereocenters. The number of anilines is 1. The summed E-state index contributed by atoms with van der Waals surface area (Å²) in [5.41, 5.74) is 0.930. The third-order valence-electron chi connectivity index (χ3n) is 2.75. The van der Waals surface area contributed by atoms with Crippen molar-refractivity contribution in [3.63, 3.8) is 0 Å². The number of hydrogen-bond donors (Lipinski definition) is 0. The van der Waals surface area contributed by atoms with Crippen LogP contribution in [0, 0.1) is 0 Å². The number of alkyl halides is 2. The van der Waals surface area contributed by atoms with Crippen LogP contribution >= 0.6 is 0 Å². The van der Waals surface area contributed by atoms with E-state index < -0.39 is 6.61 Å². The van der Waals surface area contributed by atoms with Crippen molar-refractivity contribution in [2.75, 3.05) is 18.0 Å². The molecule has 92 valence electrons. The number of benzene rings is 1. The molecule has 1 aliphatic heterocycles. The van der Waals surface area contributed by atoms with Gasteiger partial charge in [-0.2, -0.15) is 8.78 Å². The van der Waals surface area contributed by atoms with Gasteiger partial charge in [0.05, 0.1) is 0 Å². The first-order valence-corrected chi connectivity index (χ1v) is 5.46. The smallest absolute Gasteiger partial charge is 0.387 e. The van der Waals surface area contributed by atoms with E-state index in [4.69, 9.17) is 0 Å². The lowest BCUT2D eigenvalue weighted by Gasteiger charge is -2.28. The molecule has 0 radical (unpaired) electrons.